The molecule has 5 rings (SSSR count). The molecule has 0 radical (unpaired) electrons. The van der Waals surface area contributed by atoms with Crippen LogP contribution in [0.2, 0.25) is 0 Å². The molecule has 2 aliphatic heterocycles. The number of carbonyl (C=O) groups excluding carboxylic acids is 1. The van der Waals surface area contributed by atoms with Gasteiger partial charge in [-0.15, -0.1) is 0 Å². The predicted octanol–water partition coefficient (Wildman–Crippen LogP) is 3.81. The minimum absolute atomic E-state index is 0.0127. The molecule has 2 aliphatic rings. The minimum atomic E-state index is -4.46. The van der Waals surface area contributed by atoms with E-state index in [-0.39, 0.29) is 23.7 Å². The van der Waals surface area contributed by atoms with Gasteiger partial charge in [0.2, 0.25) is 23.6 Å². The summed E-state index contributed by atoms with van der Waals surface area (Å²) >= 11 is 0. The summed E-state index contributed by atoms with van der Waals surface area (Å²) in [5.74, 6) is 1.47. The zero-order valence-electron chi connectivity index (χ0n) is 19.0. The van der Waals surface area contributed by atoms with Crippen molar-refractivity contribution in [1.29, 1.82) is 0 Å². The van der Waals surface area contributed by atoms with Gasteiger partial charge >= 0.3 is 6.18 Å². The maximum atomic E-state index is 12.7. The molecule has 0 spiro atoms. The second kappa shape index (κ2) is 8.67. The molecule has 0 unspecified atom stereocenters. The topological polar surface area (TPSA) is 96.4 Å². The summed E-state index contributed by atoms with van der Waals surface area (Å²) in [7, 11) is 1.86. The molecule has 0 saturated heterocycles. The maximum absolute atomic E-state index is 12.7. The predicted molar refractivity (Wildman–Crippen MR) is 121 cm³/mol. The van der Waals surface area contributed by atoms with Crippen LogP contribution in [0.5, 0.6) is 11.8 Å². The Morgan fingerprint density at radius 3 is 2.51 bits per heavy atom. The molecule has 1 atom stereocenters. The second-order valence-electron chi connectivity index (χ2n) is 8.39. The van der Waals surface area contributed by atoms with E-state index in [1.807, 2.05) is 18.9 Å². The molecular weight excluding hydrogens is 463 g/mol. The standard InChI is InChI=1S/C23H22F3N7O2/c1-13-21(34)33-9-3-4-16-19(33)20(32(13)2)31-22(30-16)29-11-14-5-7-17(27-10-14)35-18-8-6-15(12-28-18)23(24,25)26/h5-8,10,12-13H,3-4,9,11H2,1-2H3,(H,29,30,31)/t13-/m0/s1. The molecular formula is C23H22F3N7O2. The molecule has 182 valence electrons. The Kier molecular flexibility index (Phi) is 5.65. The van der Waals surface area contributed by atoms with Crippen molar-refractivity contribution in [2.75, 3.05) is 28.7 Å². The molecule has 0 aromatic carbocycles. The van der Waals surface area contributed by atoms with Crippen molar-refractivity contribution in [2.24, 2.45) is 0 Å². The first-order chi connectivity index (χ1) is 16.7. The quantitative estimate of drug-likeness (QED) is 0.583. The summed E-state index contributed by atoms with van der Waals surface area (Å²) in [5.41, 5.74) is 1.62. The number of alkyl halides is 3. The van der Waals surface area contributed by atoms with Crippen molar-refractivity contribution in [1.82, 2.24) is 19.9 Å². The van der Waals surface area contributed by atoms with Crippen LogP contribution in [0.4, 0.5) is 30.6 Å². The highest BCUT2D eigenvalue weighted by atomic mass is 19.4. The summed E-state index contributed by atoms with van der Waals surface area (Å²) in [4.78, 5) is 33.5. The van der Waals surface area contributed by atoms with Gasteiger partial charge in [0.05, 0.1) is 11.3 Å². The van der Waals surface area contributed by atoms with E-state index in [1.54, 1.807) is 23.2 Å². The van der Waals surface area contributed by atoms with Crippen LogP contribution in [-0.4, -0.2) is 45.5 Å². The number of hydrogen-bond donors (Lipinski definition) is 1. The molecule has 5 heterocycles. The molecule has 0 saturated carbocycles. The van der Waals surface area contributed by atoms with Gasteiger partial charge in [0.25, 0.3) is 0 Å². The van der Waals surface area contributed by atoms with Crippen molar-refractivity contribution in [3.05, 3.63) is 53.5 Å². The number of nitrogens with zero attached hydrogens (tertiary/aromatic N) is 6. The third-order valence-corrected chi connectivity index (χ3v) is 6.06. The smallest absolute Gasteiger partial charge is 0.417 e. The van der Waals surface area contributed by atoms with Crippen molar-refractivity contribution in [2.45, 2.75) is 38.5 Å². The minimum Gasteiger partial charge on any atom is -0.421 e. The highest BCUT2D eigenvalue weighted by Gasteiger charge is 2.38. The SMILES string of the molecule is C[C@H]1C(=O)N2CCCc3nc(NCc4ccc(Oc5ccc(C(F)(F)F)cn5)nc4)nc(c32)N1C. The molecule has 12 heteroatoms. The van der Waals surface area contributed by atoms with E-state index >= 15 is 0 Å². The van der Waals surface area contributed by atoms with Crippen LogP contribution in [0.25, 0.3) is 0 Å². The Bertz CT molecular complexity index is 1250. The number of pyridine rings is 2. The van der Waals surface area contributed by atoms with Crippen molar-refractivity contribution in [3.8, 4) is 11.8 Å². The largest absolute Gasteiger partial charge is 0.421 e. The number of nitrogens with one attached hydrogen (secondary N) is 1. The second-order valence-corrected chi connectivity index (χ2v) is 8.39. The molecule has 0 bridgehead atoms. The highest BCUT2D eigenvalue weighted by molar-refractivity contribution is 6.05. The van der Waals surface area contributed by atoms with E-state index in [0.717, 1.165) is 47.7 Å². The van der Waals surface area contributed by atoms with E-state index in [1.165, 1.54) is 0 Å². The number of aryl methyl sites for hydroxylation is 1. The van der Waals surface area contributed by atoms with Gasteiger partial charge in [0.1, 0.15) is 11.7 Å². The van der Waals surface area contributed by atoms with Crippen molar-refractivity contribution >= 4 is 23.4 Å². The van der Waals surface area contributed by atoms with Crippen LogP contribution in [0.3, 0.4) is 0 Å². The van der Waals surface area contributed by atoms with Crippen LogP contribution in [0.1, 0.15) is 30.2 Å². The fourth-order valence-electron chi connectivity index (χ4n) is 4.05. The summed E-state index contributed by atoms with van der Waals surface area (Å²) in [5, 5.41) is 3.21. The third kappa shape index (κ3) is 4.43. The maximum Gasteiger partial charge on any atom is 0.417 e. The third-order valence-electron chi connectivity index (χ3n) is 6.06. The van der Waals surface area contributed by atoms with Gasteiger partial charge < -0.3 is 19.9 Å². The Balaban J connectivity index is 1.26. The lowest BCUT2D eigenvalue weighted by Gasteiger charge is -2.41. The van der Waals surface area contributed by atoms with E-state index in [2.05, 4.69) is 25.3 Å². The summed E-state index contributed by atoms with van der Waals surface area (Å²) in [6, 6.07) is 5.13. The molecule has 35 heavy (non-hydrogen) atoms. The molecule has 0 fully saturated rings. The lowest BCUT2D eigenvalue weighted by Crippen LogP contribution is -2.53. The fourth-order valence-corrected chi connectivity index (χ4v) is 4.05. The number of amides is 1. The Hall–Kier alpha value is -3.96. The van der Waals surface area contributed by atoms with Crippen molar-refractivity contribution < 1.29 is 22.7 Å². The van der Waals surface area contributed by atoms with Crippen LogP contribution < -0.4 is 19.9 Å². The Morgan fingerprint density at radius 1 is 1.11 bits per heavy atom. The number of carbonyl (C=O) groups is 1. The number of ether oxygens (including phenoxy) is 1. The number of aromatic nitrogens is 4. The number of halogens is 3. The van der Waals surface area contributed by atoms with E-state index in [4.69, 9.17) is 4.74 Å². The number of rotatable bonds is 5. The van der Waals surface area contributed by atoms with E-state index in [9.17, 15) is 18.0 Å². The van der Waals surface area contributed by atoms with Gasteiger partial charge in [0, 0.05) is 44.7 Å². The first-order valence-corrected chi connectivity index (χ1v) is 11.1. The fraction of sp³-hybridized carbons (Fsp3) is 0.348. The van der Waals surface area contributed by atoms with Gasteiger partial charge in [-0.2, -0.15) is 18.2 Å². The Morgan fingerprint density at radius 2 is 1.86 bits per heavy atom. The van der Waals surface area contributed by atoms with Gasteiger partial charge in [-0.25, -0.2) is 15.0 Å². The lowest BCUT2D eigenvalue weighted by atomic mass is 10.0. The lowest BCUT2D eigenvalue weighted by molar-refractivity contribution is -0.137. The summed E-state index contributed by atoms with van der Waals surface area (Å²) in [6.07, 6.45) is -0.528. The van der Waals surface area contributed by atoms with Gasteiger partial charge in [-0.1, -0.05) is 6.07 Å². The molecule has 3 aromatic rings. The monoisotopic (exact) mass is 485 g/mol. The number of hydrogen-bond acceptors (Lipinski definition) is 8. The zero-order chi connectivity index (χ0) is 24.7. The van der Waals surface area contributed by atoms with Gasteiger partial charge in [0.15, 0.2) is 5.82 Å². The molecule has 9 nitrogen and oxygen atoms in total. The van der Waals surface area contributed by atoms with Crippen LogP contribution in [-0.2, 0) is 23.9 Å². The van der Waals surface area contributed by atoms with Gasteiger partial charge in [-0.05, 0) is 31.4 Å². The van der Waals surface area contributed by atoms with Crippen molar-refractivity contribution in [3.63, 3.8) is 0 Å². The average molecular weight is 485 g/mol. The molecule has 1 amide bonds. The first-order valence-electron chi connectivity index (χ1n) is 11.1. The Labute approximate surface area is 199 Å². The van der Waals surface area contributed by atoms with Gasteiger partial charge in [-0.3, -0.25) is 4.79 Å². The summed E-state index contributed by atoms with van der Waals surface area (Å²) < 4.78 is 43.4. The zero-order valence-corrected chi connectivity index (χ0v) is 19.0. The first kappa shape index (κ1) is 22.8. The molecule has 0 aliphatic carbocycles. The van der Waals surface area contributed by atoms with E-state index < -0.39 is 11.7 Å². The molecule has 1 N–H and O–H groups in total. The van der Waals surface area contributed by atoms with Crippen LogP contribution in [0, 0.1) is 0 Å². The highest BCUT2D eigenvalue weighted by Crippen LogP contribution is 2.39. The summed E-state index contributed by atoms with van der Waals surface area (Å²) in [6.45, 7) is 2.94. The average Bonchev–Trinajstić information content (AvgIpc) is 2.85. The number of anilines is 3. The molecule has 3 aromatic heterocycles. The van der Waals surface area contributed by atoms with Crippen LogP contribution >= 0.6 is 0 Å². The normalized spacial score (nSPS) is 17.3. The van der Waals surface area contributed by atoms with Crippen LogP contribution in [0.15, 0.2) is 36.7 Å². The number of likely N-dealkylation sites (N-methyl/N-ethyl adjacent to an activating group) is 1. The van der Waals surface area contributed by atoms with E-state index in [0.29, 0.717) is 25.2 Å².